The Morgan fingerprint density at radius 2 is 2.24 bits per heavy atom. The van der Waals surface area contributed by atoms with Crippen LogP contribution in [0.3, 0.4) is 0 Å². The van der Waals surface area contributed by atoms with Crippen LogP contribution in [-0.4, -0.2) is 24.5 Å². The molecule has 0 spiro atoms. The molecule has 2 N–H and O–H groups in total. The highest BCUT2D eigenvalue weighted by Crippen LogP contribution is 2.15. The summed E-state index contributed by atoms with van der Waals surface area (Å²) >= 11 is 0.962. The van der Waals surface area contributed by atoms with E-state index in [0.29, 0.717) is 10.3 Å². The molecule has 0 aromatic carbocycles. The summed E-state index contributed by atoms with van der Waals surface area (Å²) in [6.45, 7) is 1.46. The van der Waals surface area contributed by atoms with Crippen molar-refractivity contribution in [2.45, 2.75) is 6.92 Å². The van der Waals surface area contributed by atoms with Crippen molar-refractivity contribution in [3.8, 4) is 5.88 Å². The topological polar surface area (TPSA) is 100 Å². The van der Waals surface area contributed by atoms with E-state index >= 15 is 0 Å². The van der Waals surface area contributed by atoms with Gasteiger partial charge in [0, 0.05) is 0 Å². The van der Waals surface area contributed by atoms with Gasteiger partial charge in [-0.2, -0.15) is 4.98 Å². The van der Waals surface area contributed by atoms with E-state index in [1.165, 1.54) is 17.5 Å². The van der Waals surface area contributed by atoms with Gasteiger partial charge in [-0.05, 0) is 6.92 Å². The van der Waals surface area contributed by atoms with Gasteiger partial charge in [0.2, 0.25) is 11.7 Å². The first-order valence-corrected chi connectivity index (χ1v) is 5.50. The monoisotopic (exact) mass is 250 g/mol. The van der Waals surface area contributed by atoms with E-state index in [0.717, 1.165) is 11.3 Å². The molecule has 0 aliphatic rings. The number of hydrogen-bond acceptors (Lipinski definition) is 6. The average molecular weight is 250 g/mol. The summed E-state index contributed by atoms with van der Waals surface area (Å²) in [6, 6.07) is 0. The predicted molar refractivity (Wildman–Crippen MR) is 61.7 cm³/mol. The number of nitrogens with zero attached hydrogens (tertiary/aromatic N) is 3. The summed E-state index contributed by atoms with van der Waals surface area (Å²) in [4.78, 5) is 33.2. The SMILES string of the molecule is Cc1c(O)nc2ncc3sc(=O)[nH]c3n2c1=O. The van der Waals surface area contributed by atoms with Crippen LogP contribution in [0.15, 0.2) is 15.8 Å². The Morgan fingerprint density at radius 3 is 3.00 bits per heavy atom. The number of rotatable bonds is 0. The maximum absolute atomic E-state index is 12.0. The van der Waals surface area contributed by atoms with Crippen LogP contribution >= 0.6 is 11.3 Å². The van der Waals surface area contributed by atoms with Crippen molar-refractivity contribution in [1.29, 1.82) is 0 Å². The Morgan fingerprint density at radius 1 is 1.47 bits per heavy atom. The van der Waals surface area contributed by atoms with E-state index < -0.39 is 5.56 Å². The fourth-order valence-corrected chi connectivity index (χ4v) is 2.26. The maximum atomic E-state index is 12.0. The molecule has 86 valence electrons. The number of H-pyrrole nitrogens is 1. The fraction of sp³-hybridized carbons (Fsp3) is 0.111. The summed E-state index contributed by atoms with van der Waals surface area (Å²) < 4.78 is 1.75. The second-order valence-electron chi connectivity index (χ2n) is 3.49. The second-order valence-corrected chi connectivity index (χ2v) is 4.50. The van der Waals surface area contributed by atoms with Crippen LogP contribution in [0.5, 0.6) is 5.88 Å². The fourth-order valence-electron chi connectivity index (χ4n) is 1.57. The van der Waals surface area contributed by atoms with Crippen LogP contribution < -0.4 is 10.4 Å². The molecule has 0 unspecified atom stereocenters. The Bertz CT molecular complexity index is 860. The van der Waals surface area contributed by atoms with Crippen molar-refractivity contribution in [2.75, 3.05) is 0 Å². The number of aromatic amines is 1. The Kier molecular flexibility index (Phi) is 1.84. The number of thiazole rings is 1. The second kappa shape index (κ2) is 3.14. The van der Waals surface area contributed by atoms with E-state index in [1.54, 1.807) is 0 Å². The molecule has 0 atom stereocenters. The lowest BCUT2D eigenvalue weighted by molar-refractivity contribution is 0.447. The molecule has 0 fully saturated rings. The number of nitrogens with one attached hydrogen (secondary N) is 1. The van der Waals surface area contributed by atoms with Crippen molar-refractivity contribution in [3.63, 3.8) is 0 Å². The lowest BCUT2D eigenvalue weighted by Gasteiger charge is -2.02. The highest BCUT2D eigenvalue weighted by Gasteiger charge is 2.12. The molecular formula is C9H6N4O3S. The van der Waals surface area contributed by atoms with Crippen LogP contribution in [0.2, 0.25) is 0 Å². The largest absolute Gasteiger partial charge is 0.493 e. The first-order chi connectivity index (χ1) is 8.08. The van der Waals surface area contributed by atoms with Gasteiger partial charge in [0.25, 0.3) is 5.56 Å². The highest BCUT2D eigenvalue weighted by molar-refractivity contribution is 7.16. The van der Waals surface area contributed by atoms with Crippen LogP contribution in [-0.2, 0) is 0 Å². The Balaban J connectivity index is 2.71. The van der Waals surface area contributed by atoms with Gasteiger partial charge in [0.05, 0.1) is 16.5 Å². The Hall–Kier alpha value is -2.22. The van der Waals surface area contributed by atoms with Crippen molar-refractivity contribution < 1.29 is 5.11 Å². The third-order valence-corrected chi connectivity index (χ3v) is 3.25. The maximum Gasteiger partial charge on any atom is 0.306 e. The van der Waals surface area contributed by atoms with Gasteiger partial charge in [-0.15, -0.1) is 0 Å². The van der Waals surface area contributed by atoms with Crippen LogP contribution in [0.1, 0.15) is 5.56 Å². The smallest absolute Gasteiger partial charge is 0.306 e. The molecule has 0 aliphatic heterocycles. The van der Waals surface area contributed by atoms with E-state index in [9.17, 15) is 14.7 Å². The van der Waals surface area contributed by atoms with Gasteiger partial charge in [-0.25, -0.2) is 9.38 Å². The van der Waals surface area contributed by atoms with Crippen molar-refractivity contribution >= 4 is 27.5 Å². The number of aromatic nitrogens is 4. The Labute approximate surface area is 97.0 Å². The first-order valence-electron chi connectivity index (χ1n) is 4.68. The molecule has 0 saturated heterocycles. The van der Waals surface area contributed by atoms with Gasteiger partial charge >= 0.3 is 4.87 Å². The third kappa shape index (κ3) is 1.27. The summed E-state index contributed by atoms with van der Waals surface area (Å²) in [5, 5.41) is 9.44. The molecule has 0 radical (unpaired) electrons. The molecule has 0 amide bonds. The molecule has 0 saturated carbocycles. The summed E-state index contributed by atoms with van der Waals surface area (Å²) in [5.74, 6) is -0.293. The minimum absolute atomic E-state index is 0.0552. The molecule has 7 nitrogen and oxygen atoms in total. The molecule has 3 aromatic heterocycles. The third-order valence-electron chi connectivity index (χ3n) is 2.44. The average Bonchev–Trinajstić information content (AvgIpc) is 2.66. The van der Waals surface area contributed by atoms with Gasteiger partial charge in [-0.3, -0.25) is 14.6 Å². The zero-order chi connectivity index (χ0) is 12.2. The standard InChI is InChI=1S/C9H6N4O3S/c1-3-6(14)12-8-10-2-4-5(11-9(16)17-4)13(8)7(3)15/h2,14H,1H3,(H,11,16). The summed E-state index contributed by atoms with van der Waals surface area (Å²) in [7, 11) is 0. The van der Waals surface area contributed by atoms with Gasteiger partial charge in [-0.1, -0.05) is 11.3 Å². The summed E-state index contributed by atoms with van der Waals surface area (Å²) in [6.07, 6.45) is 1.44. The lowest BCUT2D eigenvalue weighted by atomic mass is 10.3. The van der Waals surface area contributed by atoms with Crippen LogP contribution in [0, 0.1) is 6.92 Å². The number of hydrogen-bond donors (Lipinski definition) is 2. The quantitative estimate of drug-likeness (QED) is 0.585. The normalized spacial score (nSPS) is 11.4. The van der Waals surface area contributed by atoms with E-state index in [4.69, 9.17) is 0 Å². The molecular weight excluding hydrogens is 244 g/mol. The van der Waals surface area contributed by atoms with Gasteiger partial charge in [0.15, 0.2) is 0 Å². The highest BCUT2D eigenvalue weighted by atomic mass is 32.1. The van der Waals surface area contributed by atoms with E-state index in [-0.39, 0.29) is 22.1 Å². The van der Waals surface area contributed by atoms with Crippen LogP contribution in [0.25, 0.3) is 16.1 Å². The van der Waals surface area contributed by atoms with E-state index in [2.05, 4.69) is 15.0 Å². The van der Waals surface area contributed by atoms with Crippen molar-refractivity contribution in [3.05, 3.63) is 31.8 Å². The number of fused-ring (bicyclic) bond motifs is 3. The van der Waals surface area contributed by atoms with Crippen molar-refractivity contribution in [2.24, 2.45) is 0 Å². The minimum atomic E-state index is -0.445. The zero-order valence-corrected chi connectivity index (χ0v) is 9.41. The van der Waals surface area contributed by atoms with Crippen LogP contribution in [0.4, 0.5) is 0 Å². The first kappa shape index (κ1) is 9.97. The zero-order valence-electron chi connectivity index (χ0n) is 8.59. The van der Waals surface area contributed by atoms with Gasteiger partial charge in [0.1, 0.15) is 5.65 Å². The molecule has 3 heterocycles. The van der Waals surface area contributed by atoms with Crippen molar-refractivity contribution in [1.82, 2.24) is 19.4 Å². The molecule has 17 heavy (non-hydrogen) atoms. The molecule has 3 aromatic rings. The summed E-state index contributed by atoms with van der Waals surface area (Å²) in [5.41, 5.74) is 0.0223. The predicted octanol–water partition coefficient (Wildman–Crippen LogP) is 0.00652. The molecule has 3 rings (SSSR count). The lowest BCUT2D eigenvalue weighted by Crippen LogP contribution is -2.19. The molecule has 8 heteroatoms. The number of aromatic hydroxyl groups is 1. The minimum Gasteiger partial charge on any atom is -0.493 e. The van der Waals surface area contributed by atoms with Gasteiger partial charge < -0.3 is 5.11 Å². The molecule has 0 bridgehead atoms. The van der Waals surface area contributed by atoms with E-state index in [1.807, 2.05) is 0 Å². The molecule has 0 aliphatic carbocycles.